The Labute approximate surface area is 250 Å². The fourth-order valence-electron chi connectivity index (χ4n) is 11.2. The number of esters is 3. The third-order valence-corrected chi connectivity index (χ3v) is 13.0. The molecule has 0 amide bonds. The molecule has 0 radical (unpaired) electrons. The van der Waals surface area contributed by atoms with Crippen molar-refractivity contribution in [1.29, 1.82) is 0 Å². The van der Waals surface area contributed by atoms with Gasteiger partial charge in [-0.3, -0.25) is 9.59 Å². The summed E-state index contributed by atoms with van der Waals surface area (Å²) in [5, 5.41) is 13.1. The highest BCUT2D eigenvalue weighted by atomic mass is 16.6. The number of hydrogen-bond acceptors (Lipinski definition) is 9. The van der Waals surface area contributed by atoms with Gasteiger partial charge in [0.2, 0.25) is 0 Å². The number of rotatable bonds is 5. The lowest BCUT2D eigenvalue weighted by atomic mass is 9.33. The average molecular weight is 591 g/mol. The van der Waals surface area contributed by atoms with Crippen molar-refractivity contribution in [3.05, 3.63) is 11.6 Å². The summed E-state index contributed by atoms with van der Waals surface area (Å²) in [5.41, 5.74) is -3.64. The first-order valence-corrected chi connectivity index (χ1v) is 15.6. The fraction of sp³-hybridized carbons (Fsp3) is 0.848. The third-order valence-electron chi connectivity index (χ3n) is 13.0. The number of carbonyl (C=O) groups excluding carboxylic acids is 3. The number of ether oxygens (including phenoxy) is 5. The summed E-state index contributed by atoms with van der Waals surface area (Å²) >= 11 is 0. The topological polar surface area (TPSA) is 118 Å². The van der Waals surface area contributed by atoms with Gasteiger partial charge in [-0.1, -0.05) is 26.8 Å². The predicted octanol–water partition coefficient (Wildman–Crippen LogP) is 4.24. The molecule has 5 rings (SSSR count). The Morgan fingerprint density at radius 2 is 1.60 bits per heavy atom. The van der Waals surface area contributed by atoms with E-state index in [0.29, 0.717) is 26.1 Å². The lowest BCUT2D eigenvalue weighted by molar-refractivity contribution is -0.322. The Balaban J connectivity index is 1.74. The molecular weight excluding hydrogens is 540 g/mol. The summed E-state index contributed by atoms with van der Waals surface area (Å²) in [6, 6.07) is 0. The Hall–Kier alpha value is -1.97. The van der Waals surface area contributed by atoms with Crippen molar-refractivity contribution in [2.24, 2.45) is 45.3 Å². The van der Waals surface area contributed by atoms with E-state index in [0.717, 1.165) is 19.3 Å². The number of allylic oxidation sites excluding steroid dienone is 1. The third kappa shape index (κ3) is 3.94. The normalized spacial score (nSPS) is 48.4. The molecule has 0 aromatic heterocycles. The summed E-state index contributed by atoms with van der Waals surface area (Å²) in [4.78, 5) is 39.0. The monoisotopic (exact) mass is 590 g/mol. The maximum absolute atomic E-state index is 13.4. The Morgan fingerprint density at radius 3 is 2.19 bits per heavy atom. The van der Waals surface area contributed by atoms with Gasteiger partial charge in [-0.15, -0.1) is 0 Å². The molecular formula is C33H50O9. The van der Waals surface area contributed by atoms with Gasteiger partial charge in [-0.2, -0.15) is 0 Å². The lowest BCUT2D eigenvalue weighted by Crippen LogP contribution is -2.78. The second kappa shape index (κ2) is 10.3. The lowest BCUT2D eigenvalue weighted by Gasteiger charge is -2.73. The van der Waals surface area contributed by atoms with Gasteiger partial charge in [0.05, 0.1) is 37.4 Å². The quantitative estimate of drug-likeness (QED) is 0.371. The minimum atomic E-state index is -1.43. The molecule has 3 saturated carbocycles. The van der Waals surface area contributed by atoms with Crippen LogP contribution in [0.2, 0.25) is 0 Å². The average Bonchev–Trinajstić information content (AvgIpc) is 3.37. The first-order valence-electron chi connectivity index (χ1n) is 15.6. The fourth-order valence-corrected chi connectivity index (χ4v) is 11.2. The Morgan fingerprint density at radius 1 is 0.976 bits per heavy atom. The number of aliphatic hydroxyl groups is 1. The number of carbonyl (C=O) groups is 3. The van der Waals surface area contributed by atoms with E-state index in [1.807, 2.05) is 13.0 Å². The van der Waals surface area contributed by atoms with E-state index in [1.165, 1.54) is 21.0 Å². The molecule has 1 heterocycles. The summed E-state index contributed by atoms with van der Waals surface area (Å²) in [6.45, 7) is 14.3. The van der Waals surface area contributed by atoms with Crippen LogP contribution < -0.4 is 0 Å². The maximum Gasteiger partial charge on any atom is 0.334 e. The maximum atomic E-state index is 13.4. The molecule has 12 atom stereocenters. The van der Waals surface area contributed by atoms with Crippen molar-refractivity contribution < 1.29 is 43.2 Å². The highest BCUT2D eigenvalue weighted by molar-refractivity contribution is 5.91. The van der Waals surface area contributed by atoms with Gasteiger partial charge in [0.15, 0.2) is 6.10 Å². The molecule has 9 heteroatoms. The standard InChI is InChI=1S/C33H50O9/c1-18-14-22(28(36)39-9)31(7)27(42-21(4)35)26(41-20(3)34)30(6)23-11-13-32(19(2)38-8)17-40-16-25(32)29(23,5)12-10-24(30)33(31,37)15-18/h14,18-19,23-27,37H,10-13,15-17H2,1-9H3/t18?,19?,23?,24?,25-,26+,27-,29+,30+,31+,32-,33+/m0/s1. The van der Waals surface area contributed by atoms with E-state index in [-0.39, 0.29) is 46.2 Å². The van der Waals surface area contributed by atoms with E-state index in [1.54, 1.807) is 14.0 Å². The summed E-state index contributed by atoms with van der Waals surface area (Å²) in [5.74, 6) is -1.87. The molecule has 0 aromatic carbocycles. The van der Waals surface area contributed by atoms with Crippen LogP contribution in [0.3, 0.4) is 0 Å². The van der Waals surface area contributed by atoms with E-state index in [2.05, 4.69) is 20.8 Å². The largest absolute Gasteiger partial charge is 0.466 e. The van der Waals surface area contributed by atoms with Gasteiger partial charge in [0.25, 0.3) is 0 Å². The molecule has 42 heavy (non-hydrogen) atoms. The number of fused-ring (bicyclic) bond motifs is 7. The summed E-state index contributed by atoms with van der Waals surface area (Å²) in [7, 11) is 3.07. The van der Waals surface area contributed by atoms with Gasteiger partial charge in [0, 0.05) is 37.4 Å². The van der Waals surface area contributed by atoms with Crippen LogP contribution in [0.4, 0.5) is 0 Å². The van der Waals surface area contributed by atoms with Gasteiger partial charge in [-0.25, -0.2) is 4.79 Å². The molecule has 0 spiro atoms. The van der Waals surface area contributed by atoms with Crippen LogP contribution in [0.25, 0.3) is 0 Å². The van der Waals surface area contributed by atoms with Crippen molar-refractivity contribution in [1.82, 2.24) is 0 Å². The Bertz CT molecular complexity index is 1170. The highest BCUT2D eigenvalue weighted by Gasteiger charge is 2.79. The van der Waals surface area contributed by atoms with Gasteiger partial charge < -0.3 is 28.8 Å². The zero-order valence-electron chi connectivity index (χ0n) is 26.8. The van der Waals surface area contributed by atoms with E-state index in [9.17, 15) is 19.5 Å². The van der Waals surface area contributed by atoms with Crippen molar-refractivity contribution in [3.8, 4) is 0 Å². The van der Waals surface area contributed by atoms with Crippen LogP contribution >= 0.6 is 0 Å². The Kier molecular flexibility index (Phi) is 7.71. The zero-order valence-corrected chi connectivity index (χ0v) is 26.8. The second-order valence-electron chi connectivity index (χ2n) is 14.7. The first-order chi connectivity index (χ1) is 19.6. The molecule has 1 aliphatic heterocycles. The predicted molar refractivity (Wildman–Crippen MR) is 153 cm³/mol. The van der Waals surface area contributed by atoms with Crippen molar-refractivity contribution in [2.45, 2.75) is 104 Å². The molecule has 5 aliphatic rings. The van der Waals surface area contributed by atoms with Crippen LogP contribution in [0, 0.1) is 45.3 Å². The SMILES string of the molecule is COC(=O)C1=CC(C)C[C@@]2(O)C3CC[C@]4(C)C(CC[C@@]5(C(C)OC)COC[C@H]54)[C@@]3(C)[C@H](OC(C)=O)[C@H](OC(C)=O)[C@@]12C. The van der Waals surface area contributed by atoms with Gasteiger partial charge in [-0.05, 0) is 75.0 Å². The smallest absolute Gasteiger partial charge is 0.334 e. The molecule has 236 valence electrons. The minimum absolute atomic E-state index is 0.0112. The van der Waals surface area contributed by atoms with Crippen molar-refractivity contribution >= 4 is 17.9 Å². The van der Waals surface area contributed by atoms with Crippen LogP contribution in [-0.2, 0) is 38.1 Å². The van der Waals surface area contributed by atoms with Crippen LogP contribution in [0.1, 0.15) is 80.6 Å². The zero-order chi connectivity index (χ0) is 31.0. The van der Waals surface area contributed by atoms with Crippen molar-refractivity contribution in [3.63, 3.8) is 0 Å². The molecule has 9 nitrogen and oxygen atoms in total. The number of methoxy groups -OCH3 is 2. The highest BCUT2D eigenvalue weighted by Crippen LogP contribution is 2.75. The van der Waals surface area contributed by atoms with Crippen LogP contribution in [0.15, 0.2) is 11.6 Å². The second-order valence-corrected chi connectivity index (χ2v) is 14.7. The molecule has 0 aromatic rings. The molecule has 0 bridgehead atoms. The van der Waals surface area contributed by atoms with Crippen LogP contribution in [0.5, 0.6) is 0 Å². The molecule has 4 fully saturated rings. The van der Waals surface area contributed by atoms with Crippen molar-refractivity contribution in [2.75, 3.05) is 27.4 Å². The minimum Gasteiger partial charge on any atom is -0.466 e. The molecule has 4 aliphatic carbocycles. The van der Waals surface area contributed by atoms with Gasteiger partial charge >= 0.3 is 17.9 Å². The first kappa shape index (κ1) is 31.5. The van der Waals surface area contributed by atoms with E-state index in [4.69, 9.17) is 23.7 Å². The van der Waals surface area contributed by atoms with E-state index < -0.39 is 46.5 Å². The molecule has 1 saturated heterocycles. The summed E-state index contributed by atoms with van der Waals surface area (Å²) < 4.78 is 29.8. The summed E-state index contributed by atoms with van der Waals surface area (Å²) in [6.07, 6.45) is 3.43. The molecule has 1 N–H and O–H groups in total. The molecule has 4 unspecified atom stereocenters. The number of hydrogen-bond donors (Lipinski definition) is 1. The van der Waals surface area contributed by atoms with Gasteiger partial charge in [0.1, 0.15) is 6.10 Å². The van der Waals surface area contributed by atoms with Crippen LogP contribution in [-0.4, -0.2) is 74.4 Å². The van der Waals surface area contributed by atoms with E-state index >= 15 is 0 Å².